The van der Waals surface area contributed by atoms with E-state index in [1.54, 1.807) is 11.0 Å². The van der Waals surface area contributed by atoms with Gasteiger partial charge in [-0.15, -0.1) is 0 Å². The number of ether oxygens (including phenoxy) is 4. The van der Waals surface area contributed by atoms with E-state index in [0.29, 0.717) is 35.6 Å². The number of rotatable bonds is 14. The molecule has 2 aliphatic rings. The summed E-state index contributed by atoms with van der Waals surface area (Å²) in [6.45, 7) is 5.64. The summed E-state index contributed by atoms with van der Waals surface area (Å²) in [4.78, 5) is 50.8. The van der Waals surface area contributed by atoms with Gasteiger partial charge in [-0.25, -0.2) is 4.39 Å². The monoisotopic (exact) mass is 630 g/mol. The van der Waals surface area contributed by atoms with Crippen LogP contribution >= 0.6 is 0 Å². The highest BCUT2D eigenvalue weighted by molar-refractivity contribution is 5.83. The fourth-order valence-electron chi connectivity index (χ4n) is 5.49. The van der Waals surface area contributed by atoms with Gasteiger partial charge in [0.25, 0.3) is 0 Å². The summed E-state index contributed by atoms with van der Waals surface area (Å²) in [6.07, 6.45) is 0.110. The van der Waals surface area contributed by atoms with Gasteiger partial charge in [0.15, 0.2) is 28.8 Å². The van der Waals surface area contributed by atoms with Crippen molar-refractivity contribution in [2.75, 3.05) is 27.4 Å². The predicted octanol–water partition coefficient (Wildman–Crippen LogP) is 4.16. The van der Waals surface area contributed by atoms with Crippen molar-refractivity contribution in [1.29, 1.82) is 0 Å². The Hall–Kier alpha value is -4.55. The van der Waals surface area contributed by atoms with E-state index in [-0.39, 0.29) is 68.5 Å². The average Bonchev–Trinajstić information content (AvgIpc) is 3.58. The maximum atomic E-state index is 15.5. The Balaban J connectivity index is 1.36. The summed E-state index contributed by atoms with van der Waals surface area (Å²) < 4.78 is 38.2. The number of fused-ring (bicyclic) bond motifs is 2. The van der Waals surface area contributed by atoms with Crippen molar-refractivity contribution in [3.8, 4) is 23.0 Å². The predicted molar refractivity (Wildman–Crippen MR) is 158 cm³/mol. The van der Waals surface area contributed by atoms with Crippen molar-refractivity contribution >= 4 is 23.8 Å². The molecule has 13 heteroatoms. The van der Waals surface area contributed by atoms with Crippen molar-refractivity contribution in [2.45, 2.75) is 65.7 Å². The van der Waals surface area contributed by atoms with Crippen molar-refractivity contribution in [2.24, 2.45) is 11.8 Å². The molecule has 0 aromatic heterocycles. The molecule has 2 amide bonds. The molecule has 3 atom stereocenters. The van der Waals surface area contributed by atoms with Gasteiger partial charge in [0.1, 0.15) is 0 Å². The van der Waals surface area contributed by atoms with E-state index in [1.807, 2.05) is 19.1 Å². The number of benzene rings is 2. The average molecular weight is 631 g/mol. The van der Waals surface area contributed by atoms with Crippen LogP contribution in [0.4, 0.5) is 4.39 Å². The van der Waals surface area contributed by atoms with Crippen LogP contribution in [-0.4, -0.2) is 71.2 Å². The normalized spacial score (nSPS) is 16.4. The first-order valence-electron chi connectivity index (χ1n) is 14.7. The molecule has 2 heterocycles. The minimum atomic E-state index is -1.07. The molecule has 2 unspecified atom stereocenters. The number of hydrogen-bond acceptors (Lipinski definition) is 8. The Morgan fingerprint density at radius 3 is 2.07 bits per heavy atom. The zero-order valence-electron chi connectivity index (χ0n) is 26.1. The molecular weight excluding hydrogens is 591 g/mol. The van der Waals surface area contributed by atoms with Crippen LogP contribution in [0, 0.1) is 17.7 Å². The van der Waals surface area contributed by atoms with Crippen molar-refractivity contribution < 1.29 is 52.7 Å². The zero-order chi connectivity index (χ0) is 33.0. The summed E-state index contributed by atoms with van der Waals surface area (Å²) >= 11 is 0. The quantitative estimate of drug-likeness (QED) is 0.291. The lowest BCUT2D eigenvalue weighted by Gasteiger charge is -2.23. The molecule has 2 N–H and O–H groups in total. The number of carbonyl (C=O) groups is 4. The van der Waals surface area contributed by atoms with Crippen LogP contribution in [0.25, 0.3) is 0 Å². The van der Waals surface area contributed by atoms with Crippen molar-refractivity contribution in [1.82, 2.24) is 9.80 Å². The van der Waals surface area contributed by atoms with Crippen LogP contribution in [0.5, 0.6) is 23.0 Å². The maximum absolute atomic E-state index is 15.5. The number of carboxylic acid groups (broad SMARTS) is 2. The highest BCUT2D eigenvalue weighted by Crippen LogP contribution is 2.42. The molecule has 0 radical (unpaired) electrons. The fraction of sp³-hybridized carbons (Fsp3) is 0.500. The molecule has 244 valence electrons. The highest BCUT2D eigenvalue weighted by atomic mass is 19.1. The summed E-state index contributed by atoms with van der Waals surface area (Å²) in [5.74, 6) is -3.89. The van der Waals surface area contributed by atoms with Gasteiger partial charge in [0.05, 0.1) is 45.3 Å². The van der Waals surface area contributed by atoms with Crippen LogP contribution in [0.3, 0.4) is 0 Å². The Morgan fingerprint density at radius 2 is 1.44 bits per heavy atom. The lowest BCUT2D eigenvalue weighted by atomic mass is 10.0. The summed E-state index contributed by atoms with van der Waals surface area (Å²) in [6, 6.07) is 4.99. The molecule has 4 rings (SSSR count). The topological polar surface area (TPSA) is 152 Å². The molecule has 0 aliphatic carbocycles. The molecule has 45 heavy (non-hydrogen) atoms. The number of carboxylic acids is 2. The van der Waals surface area contributed by atoms with E-state index < -0.39 is 29.6 Å². The lowest BCUT2D eigenvalue weighted by molar-refractivity contribution is -0.146. The molecule has 0 saturated heterocycles. The van der Waals surface area contributed by atoms with Gasteiger partial charge < -0.3 is 39.0 Å². The third-order valence-electron chi connectivity index (χ3n) is 8.27. The van der Waals surface area contributed by atoms with Crippen molar-refractivity contribution in [3.05, 3.63) is 46.3 Å². The second-order valence-corrected chi connectivity index (χ2v) is 11.4. The minimum Gasteiger partial charge on any atom is -0.493 e. The van der Waals surface area contributed by atoms with E-state index >= 15 is 4.39 Å². The Kier molecular flexibility index (Phi) is 10.4. The Morgan fingerprint density at radius 1 is 0.844 bits per heavy atom. The molecule has 2 aromatic rings. The van der Waals surface area contributed by atoms with E-state index in [2.05, 4.69) is 0 Å². The number of amides is 2. The SMILES string of the molecule is COc1cc2c(cc1OCCCOc1c(OC)cc3c(c1F)CN(C(=O)CC(C)C(=O)O)C3)C(C)N(C(=O)C[C@H](C)C(=O)O)C2. The molecule has 2 aromatic carbocycles. The Bertz CT molecular complexity index is 1480. The van der Waals surface area contributed by atoms with Gasteiger partial charge in [0, 0.05) is 44.5 Å². The molecule has 0 saturated carbocycles. The van der Waals surface area contributed by atoms with E-state index in [9.17, 15) is 24.3 Å². The Labute approximate surface area is 260 Å². The van der Waals surface area contributed by atoms with Crippen LogP contribution in [0.15, 0.2) is 18.2 Å². The van der Waals surface area contributed by atoms with Crippen LogP contribution in [0.2, 0.25) is 0 Å². The molecular formula is C32H39FN2O10. The second kappa shape index (κ2) is 14.0. The van der Waals surface area contributed by atoms with Gasteiger partial charge in [-0.2, -0.15) is 0 Å². The van der Waals surface area contributed by atoms with Crippen molar-refractivity contribution in [3.63, 3.8) is 0 Å². The number of methoxy groups -OCH3 is 2. The fourth-order valence-corrected chi connectivity index (χ4v) is 5.49. The van der Waals surface area contributed by atoms with E-state index in [1.165, 1.54) is 33.0 Å². The number of nitrogens with zero attached hydrogens (tertiary/aromatic N) is 2. The first-order valence-corrected chi connectivity index (χ1v) is 14.7. The van der Waals surface area contributed by atoms with Gasteiger partial charge in [-0.05, 0) is 41.8 Å². The standard InChI is InChI=1S/C32H39FN2O10/c1-17(31(38)39)9-27(36)34-14-20-12-26(43-5)30(29(33)23(20)16-34)45-8-6-7-44-25-13-22-19(3)35(15-21(22)11-24(25)42-4)28(37)10-18(2)32(40)41/h11-13,17-19H,6-10,14-16H2,1-5H3,(H,38,39)(H,40,41)/t17?,18-,19?/m0/s1. The third kappa shape index (κ3) is 7.23. The molecule has 0 spiro atoms. The maximum Gasteiger partial charge on any atom is 0.306 e. The number of halogens is 1. The van der Waals surface area contributed by atoms with E-state index in [0.717, 1.165) is 11.1 Å². The molecule has 12 nitrogen and oxygen atoms in total. The first kappa shape index (κ1) is 33.3. The van der Waals surface area contributed by atoms with Gasteiger partial charge in [-0.1, -0.05) is 13.8 Å². The number of hydrogen-bond donors (Lipinski definition) is 2. The van der Waals surface area contributed by atoms with E-state index in [4.69, 9.17) is 24.1 Å². The smallest absolute Gasteiger partial charge is 0.306 e. The van der Waals surface area contributed by atoms with Crippen LogP contribution in [0.1, 0.15) is 68.3 Å². The molecule has 0 bridgehead atoms. The largest absolute Gasteiger partial charge is 0.493 e. The summed E-state index contributed by atoms with van der Waals surface area (Å²) in [7, 11) is 2.91. The highest BCUT2D eigenvalue weighted by Gasteiger charge is 2.34. The summed E-state index contributed by atoms with van der Waals surface area (Å²) in [5.41, 5.74) is 2.65. The molecule has 2 aliphatic heterocycles. The first-order chi connectivity index (χ1) is 21.4. The third-order valence-corrected chi connectivity index (χ3v) is 8.27. The summed E-state index contributed by atoms with van der Waals surface area (Å²) in [5, 5.41) is 18.3. The number of carbonyl (C=O) groups excluding carboxylic acids is 2. The van der Waals surface area contributed by atoms with Crippen LogP contribution in [-0.2, 0) is 38.8 Å². The van der Waals surface area contributed by atoms with Crippen LogP contribution < -0.4 is 18.9 Å². The van der Waals surface area contributed by atoms with Gasteiger partial charge >= 0.3 is 11.9 Å². The zero-order valence-corrected chi connectivity index (χ0v) is 26.1. The minimum absolute atomic E-state index is 0.00790. The second-order valence-electron chi connectivity index (χ2n) is 11.4. The van der Waals surface area contributed by atoms with Gasteiger partial charge in [0.2, 0.25) is 11.8 Å². The number of aliphatic carboxylic acids is 2. The molecule has 0 fully saturated rings. The lowest BCUT2D eigenvalue weighted by Crippen LogP contribution is -2.30. The van der Waals surface area contributed by atoms with Gasteiger partial charge in [-0.3, -0.25) is 19.2 Å².